The Hall–Kier alpha value is -1.48. The summed E-state index contributed by atoms with van der Waals surface area (Å²) in [5.41, 5.74) is 1.41. The topological polar surface area (TPSA) is 12.9 Å². The molecule has 0 aliphatic heterocycles. The van der Waals surface area contributed by atoms with E-state index in [1.807, 2.05) is 0 Å². The minimum absolute atomic E-state index is 0.246. The van der Waals surface area contributed by atoms with E-state index in [1.165, 1.54) is 24.4 Å². The third kappa shape index (κ3) is 2.19. The average molecular weight is 240 g/mol. The number of benzene rings is 1. The van der Waals surface area contributed by atoms with Gasteiger partial charge in [-0.1, -0.05) is 12.1 Å². The fraction of sp³-hybridized carbons (Fsp3) is 0.0833. The quantitative estimate of drug-likeness (QED) is 0.574. The lowest BCUT2D eigenvalue weighted by molar-refractivity contribution is 0.586. The number of pyridine rings is 1. The van der Waals surface area contributed by atoms with Gasteiger partial charge in [-0.2, -0.15) is 4.39 Å². The minimum Gasteiger partial charge on any atom is -0.227 e. The Morgan fingerprint density at radius 2 is 2.00 bits per heavy atom. The molecule has 16 heavy (non-hydrogen) atoms. The Labute approximate surface area is 96.7 Å². The van der Waals surface area contributed by atoms with Crippen LogP contribution < -0.4 is 0 Å². The van der Waals surface area contributed by atoms with E-state index < -0.39 is 11.8 Å². The van der Waals surface area contributed by atoms with Crippen molar-refractivity contribution in [3.05, 3.63) is 53.9 Å². The predicted molar refractivity (Wildman–Crippen MR) is 59.1 cm³/mol. The lowest BCUT2D eigenvalue weighted by atomic mass is 10.1. The molecule has 0 bridgehead atoms. The maximum atomic E-state index is 13.4. The largest absolute Gasteiger partial charge is 0.227 e. The van der Waals surface area contributed by atoms with Crippen LogP contribution in [0.4, 0.5) is 8.78 Å². The zero-order valence-electron chi connectivity index (χ0n) is 8.25. The highest BCUT2D eigenvalue weighted by Crippen LogP contribution is 2.23. The van der Waals surface area contributed by atoms with E-state index in [0.29, 0.717) is 11.1 Å². The molecule has 0 atom stereocenters. The Bertz CT molecular complexity index is 514. The molecule has 2 rings (SSSR count). The maximum Gasteiger partial charge on any atom is 0.220 e. The van der Waals surface area contributed by atoms with Crippen LogP contribution >= 0.6 is 11.6 Å². The molecule has 0 amide bonds. The molecule has 0 aliphatic carbocycles. The number of aromatic nitrogens is 1. The van der Waals surface area contributed by atoms with Gasteiger partial charge >= 0.3 is 0 Å². The van der Waals surface area contributed by atoms with Crippen molar-refractivity contribution in [2.45, 2.75) is 5.88 Å². The third-order valence-electron chi connectivity index (χ3n) is 2.19. The van der Waals surface area contributed by atoms with Crippen molar-refractivity contribution in [1.82, 2.24) is 4.98 Å². The van der Waals surface area contributed by atoms with Gasteiger partial charge in [0.15, 0.2) is 0 Å². The van der Waals surface area contributed by atoms with Crippen molar-refractivity contribution in [2.24, 2.45) is 0 Å². The number of halogens is 3. The van der Waals surface area contributed by atoms with E-state index in [-0.39, 0.29) is 11.4 Å². The van der Waals surface area contributed by atoms with Crippen LogP contribution in [0.1, 0.15) is 5.56 Å². The van der Waals surface area contributed by atoms with Gasteiger partial charge in [0.1, 0.15) is 5.82 Å². The first-order chi connectivity index (χ1) is 7.70. The van der Waals surface area contributed by atoms with E-state index in [2.05, 4.69) is 4.98 Å². The van der Waals surface area contributed by atoms with Gasteiger partial charge in [0.25, 0.3) is 0 Å². The van der Waals surface area contributed by atoms with Crippen molar-refractivity contribution < 1.29 is 8.78 Å². The van der Waals surface area contributed by atoms with E-state index in [0.717, 1.165) is 0 Å². The van der Waals surface area contributed by atoms with Gasteiger partial charge < -0.3 is 0 Å². The number of alkyl halides is 1. The summed E-state index contributed by atoms with van der Waals surface area (Å²) in [6.07, 6.45) is 1.37. The molecule has 0 saturated heterocycles. The standard InChI is InChI=1S/C12H8ClF2N/c13-6-8-4-11(12(15)16-7-8)9-2-1-3-10(14)5-9/h1-5,7H,6H2. The summed E-state index contributed by atoms with van der Waals surface area (Å²) < 4.78 is 26.4. The van der Waals surface area contributed by atoms with Crippen LogP contribution in [0, 0.1) is 11.8 Å². The summed E-state index contributed by atoms with van der Waals surface area (Å²) in [6, 6.07) is 7.29. The molecule has 4 heteroatoms. The SMILES string of the molecule is Fc1cccc(-c2cc(CCl)cnc2F)c1. The molecule has 0 spiro atoms. The predicted octanol–water partition coefficient (Wildman–Crippen LogP) is 3.77. The molecule has 0 saturated carbocycles. The molecule has 1 aromatic heterocycles. The molecule has 2 aromatic rings. The van der Waals surface area contributed by atoms with Crippen molar-refractivity contribution in [3.63, 3.8) is 0 Å². The zero-order chi connectivity index (χ0) is 11.5. The van der Waals surface area contributed by atoms with E-state index in [1.54, 1.807) is 12.1 Å². The second-order valence-electron chi connectivity index (χ2n) is 3.33. The molecule has 1 heterocycles. The molecular formula is C12H8ClF2N. The highest BCUT2D eigenvalue weighted by molar-refractivity contribution is 6.17. The summed E-state index contributed by atoms with van der Waals surface area (Å²) in [7, 11) is 0. The summed E-state index contributed by atoms with van der Waals surface area (Å²) in [6.45, 7) is 0. The minimum atomic E-state index is -0.625. The van der Waals surface area contributed by atoms with Crippen LogP contribution in [0.5, 0.6) is 0 Å². The highest BCUT2D eigenvalue weighted by Gasteiger charge is 2.08. The molecule has 0 fully saturated rings. The molecule has 1 aromatic carbocycles. The second kappa shape index (κ2) is 4.58. The fourth-order valence-electron chi connectivity index (χ4n) is 1.42. The smallest absolute Gasteiger partial charge is 0.220 e. The molecule has 1 nitrogen and oxygen atoms in total. The van der Waals surface area contributed by atoms with Gasteiger partial charge in [0, 0.05) is 17.6 Å². The van der Waals surface area contributed by atoms with Crippen molar-refractivity contribution in [3.8, 4) is 11.1 Å². The molecular weight excluding hydrogens is 232 g/mol. The summed E-state index contributed by atoms with van der Waals surface area (Å²) in [5.74, 6) is -0.789. The molecule has 0 unspecified atom stereocenters. The van der Waals surface area contributed by atoms with Gasteiger partial charge in [-0.25, -0.2) is 9.37 Å². The molecule has 0 N–H and O–H groups in total. The Morgan fingerprint density at radius 3 is 2.69 bits per heavy atom. The Balaban J connectivity index is 2.54. The van der Waals surface area contributed by atoms with Crippen LogP contribution in [-0.4, -0.2) is 4.98 Å². The maximum absolute atomic E-state index is 13.4. The van der Waals surface area contributed by atoms with E-state index >= 15 is 0 Å². The monoisotopic (exact) mass is 239 g/mol. The van der Waals surface area contributed by atoms with Gasteiger partial charge in [-0.05, 0) is 29.3 Å². The molecule has 82 valence electrons. The second-order valence-corrected chi connectivity index (χ2v) is 3.59. The van der Waals surface area contributed by atoms with Gasteiger partial charge in [-0.3, -0.25) is 0 Å². The van der Waals surface area contributed by atoms with Crippen molar-refractivity contribution >= 4 is 11.6 Å². The normalized spacial score (nSPS) is 10.4. The van der Waals surface area contributed by atoms with Crippen LogP contribution in [0.3, 0.4) is 0 Å². The fourth-order valence-corrected chi connectivity index (χ4v) is 1.57. The molecule has 0 radical (unpaired) electrons. The summed E-state index contributed by atoms with van der Waals surface area (Å²) in [5, 5.41) is 0. The number of hydrogen-bond acceptors (Lipinski definition) is 1. The lowest BCUT2D eigenvalue weighted by Gasteiger charge is -2.04. The number of rotatable bonds is 2. The van der Waals surface area contributed by atoms with Crippen molar-refractivity contribution in [1.29, 1.82) is 0 Å². The van der Waals surface area contributed by atoms with Gasteiger partial charge in [0.05, 0.1) is 0 Å². The van der Waals surface area contributed by atoms with Crippen molar-refractivity contribution in [2.75, 3.05) is 0 Å². The third-order valence-corrected chi connectivity index (χ3v) is 2.49. The number of nitrogens with zero attached hydrogens (tertiary/aromatic N) is 1. The average Bonchev–Trinajstić information content (AvgIpc) is 2.30. The summed E-state index contributed by atoms with van der Waals surface area (Å²) in [4.78, 5) is 3.58. The van der Waals surface area contributed by atoms with Crippen LogP contribution in [0.2, 0.25) is 0 Å². The van der Waals surface area contributed by atoms with Crippen LogP contribution in [-0.2, 0) is 5.88 Å². The zero-order valence-corrected chi connectivity index (χ0v) is 9.01. The lowest BCUT2D eigenvalue weighted by Crippen LogP contribution is -1.92. The number of hydrogen-bond donors (Lipinski definition) is 0. The summed E-state index contributed by atoms with van der Waals surface area (Å²) >= 11 is 5.63. The van der Waals surface area contributed by atoms with E-state index in [9.17, 15) is 8.78 Å². The highest BCUT2D eigenvalue weighted by atomic mass is 35.5. The van der Waals surface area contributed by atoms with Crippen LogP contribution in [0.25, 0.3) is 11.1 Å². The van der Waals surface area contributed by atoms with Gasteiger partial charge in [-0.15, -0.1) is 11.6 Å². The van der Waals surface area contributed by atoms with Gasteiger partial charge in [0.2, 0.25) is 5.95 Å². The molecule has 0 aliphatic rings. The first-order valence-electron chi connectivity index (χ1n) is 4.67. The van der Waals surface area contributed by atoms with Crippen LogP contribution in [0.15, 0.2) is 36.5 Å². The Morgan fingerprint density at radius 1 is 1.19 bits per heavy atom. The Kier molecular flexibility index (Phi) is 3.15. The first kappa shape index (κ1) is 11.0. The van der Waals surface area contributed by atoms with E-state index in [4.69, 9.17) is 11.6 Å². The first-order valence-corrected chi connectivity index (χ1v) is 5.20.